The average molecular weight is 532 g/mol. The molecule has 1 N–H and O–H groups in total. The van der Waals surface area contributed by atoms with Gasteiger partial charge >= 0.3 is 0 Å². The zero-order valence-corrected chi connectivity index (χ0v) is 22.4. The molecule has 2 aromatic heterocycles. The molecule has 0 radical (unpaired) electrons. The number of hydrogen-bond acceptors (Lipinski definition) is 5. The van der Waals surface area contributed by atoms with E-state index in [0.29, 0.717) is 46.2 Å². The molecule has 0 bridgehead atoms. The van der Waals surface area contributed by atoms with Crippen LogP contribution >= 0.6 is 34.5 Å². The number of ether oxygens (including phenoxy) is 1. The molecule has 1 aromatic carbocycles. The Balaban J connectivity index is 1.37. The first-order chi connectivity index (χ1) is 16.6. The van der Waals surface area contributed by atoms with Crippen molar-refractivity contribution in [1.29, 1.82) is 0 Å². The van der Waals surface area contributed by atoms with Gasteiger partial charge in [0.25, 0.3) is 0 Å². The van der Waals surface area contributed by atoms with Gasteiger partial charge in [-0.1, -0.05) is 37.0 Å². The summed E-state index contributed by atoms with van der Waals surface area (Å²) in [6, 6.07) is 7.65. The van der Waals surface area contributed by atoms with E-state index in [1.807, 2.05) is 31.2 Å². The van der Waals surface area contributed by atoms with Gasteiger partial charge in [-0.2, -0.15) is 5.10 Å². The standard InChI is InChI=1S/C26H27Cl2N3O3S/c1-14(2)13-31-26(28)20(15(3)30-31)5-8-24(33)29-12-19-10-18-9-17(11-21(27)25(18)34-19)23-7-6-22(35-23)16(4)32/h5-9,11,14,19H,10,12-13H2,1-4H3,(H,29,33)/b8-5+. The molecular formula is C26H27Cl2N3O3S. The van der Waals surface area contributed by atoms with Crippen molar-refractivity contribution in [3.8, 4) is 16.2 Å². The van der Waals surface area contributed by atoms with Crippen LogP contribution in [-0.2, 0) is 17.8 Å². The highest BCUT2D eigenvalue weighted by atomic mass is 35.5. The van der Waals surface area contributed by atoms with Gasteiger partial charge in [-0.3, -0.25) is 14.3 Å². The third-order valence-electron chi connectivity index (χ3n) is 5.64. The summed E-state index contributed by atoms with van der Waals surface area (Å²) in [4.78, 5) is 25.8. The number of carbonyl (C=O) groups excluding carboxylic acids is 2. The minimum Gasteiger partial charge on any atom is -0.486 e. The van der Waals surface area contributed by atoms with Crippen molar-refractivity contribution in [2.45, 2.75) is 46.8 Å². The molecule has 1 aliphatic heterocycles. The van der Waals surface area contributed by atoms with E-state index in [9.17, 15) is 9.59 Å². The summed E-state index contributed by atoms with van der Waals surface area (Å²) in [6.45, 7) is 8.69. The van der Waals surface area contributed by atoms with Gasteiger partial charge in [0.05, 0.1) is 22.1 Å². The molecule has 35 heavy (non-hydrogen) atoms. The molecule has 3 heterocycles. The maximum absolute atomic E-state index is 12.4. The van der Waals surface area contributed by atoms with Gasteiger partial charge in [0.2, 0.25) is 5.91 Å². The van der Waals surface area contributed by atoms with E-state index in [0.717, 1.165) is 27.3 Å². The van der Waals surface area contributed by atoms with Crippen LogP contribution in [-0.4, -0.2) is 34.1 Å². The molecule has 3 aromatic rings. The minimum absolute atomic E-state index is 0.0449. The number of nitrogens with zero attached hydrogens (tertiary/aromatic N) is 2. The summed E-state index contributed by atoms with van der Waals surface area (Å²) in [5, 5.41) is 8.40. The second-order valence-corrected chi connectivity index (χ2v) is 10.9. The van der Waals surface area contributed by atoms with Crippen LogP contribution in [0.3, 0.4) is 0 Å². The van der Waals surface area contributed by atoms with Crippen molar-refractivity contribution >= 4 is 52.3 Å². The lowest BCUT2D eigenvalue weighted by Crippen LogP contribution is -2.33. The number of thiophene rings is 1. The fourth-order valence-electron chi connectivity index (χ4n) is 3.98. The third kappa shape index (κ3) is 5.80. The van der Waals surface area contributed by atoms with E-state index in [1.54, 1.807) is 17.7 Å². The zero-order valence-electron chi connectivity index (χ0n) is 20.0. The first-order valence-corrected chi connectivity index (χ1v) is 13.0. The summed E-state index contributed by atoms with van der Waals surface area (Å²) >= 11 is 14.4. The molecule has 0 saturated carbocycles. The van der Waals surface area contributed by atoms with Crippen LogP contribution in [0.5, 0.6) is 5.75 Å². The van der Waals surface area contributed by atoms with Crippen molar-refractivity contribution in [2.75, 3.05) is 6.54 Å². The fourth-order valence-corrected chi connectivity index (χ4v) is 5.46. The number of carbonyl (C=O) groups is 2. The van der Waals surface area contributed by atoms with E-state index in [4.69, 9.17) is 27.9 Å². The molecule has 1 amide bonds. The molecule has 184 valence electrons. The van der Waals surface area contributed by atoms with E-state index < -0.39 is 0 Å². The van der Waals surface area contributed by atoms with Crippen LogP contribution in [0, 0.1) is 12.8 Å². The van der Waals surface area contributed by atoms with E-state index >= 15 is 0 Å². The van der Waals surface area contributed by atoms with Crippen LogP contribution in [0.25, 0.3) is 16.5 Å². The smallest absolute Gasteiger partial charge is 0.244 e. The number of aromatic nitrogens is 2. The maximum atomic E-state index is 12.4. The normalized spacial score (nSPS) is 15.0. The fraction of sp³-hybridized carbons (Fsp3) is 0.346. The first kappa shape index (κ1) is 25.5. The Morgan fingerprint density at radius 3 is 2.77 bits per heavy atom. The predicted molar refractivity (Wildman–Crippen MR) is 142 cm³/mol. The summed E-state index contributed by atoms with van der Waals surface area (Å²) in [6.07, 6.45) is 3.57. The highest BCUT2D eigenvalue weighted by Gasteiger charge is 2.26. The second-order valence-electron chi connectivity index (χ2n) is 9.05. The number of hydrogen-bond donors (Lipinski definition) is 1. The summed E-state index contributed by atoms with van der Waals surface area (Å²) in [7, 11) is 0. The van der Waals surface area contributed by atoms with Crippen LogP contribution in [0.4, 0.5) is 0 Å². The Kier molecular flexibility index (Phi) is 7.69. The summed E-state index contributed by atoms with van der Waals surface area (Å²) < 4.78 is 7.77. The minimum atomic E-state index is -0.237. The number of ketones is 1. The molecule has 0 aliphatic carbocycles. The number of fused-ring (bicyclic) bond motifs is 1. The van der Waals surface area contributed by atoms with Crippen LogP contribution in [0.2, 0.25) is 10.2 Å². The summed E-state index contributed by atoms with van der Waals surface area (Å²) in [5.41, 5.74) is 3.46. The van der Waals surface area contributed by atoms with Crippen LogP contribution in [0.15, 0.2) is 30.3 Å². The quantitative estimate of drug-likeness (QED) is 0.276. The average Bonchev–Trinajstić information content (AvgIpc) is 3.49. The molecule has 6 nitrogen and oxygen atoms in total. The highest BCUT2D eigenvalue weighted by molar-refractivity contribution is 7.17. The van der Waals surface area contributed by atoms with E-state index in [-0.39, 0.29) is 17.8 Å². The lowest BCUT2D eigenvalue weighted by molar-refractivity contribution is -0.116. The third-order valence-corrected chi connectivity index (χ3v) is 7.56. The lowest BCUT2D eigenvalue weighted by Gasteiger charge is -2.11. The zero-order chi connectivity index (χ0) is 25.3. The lowest BCUT2D eigenvalue weighted by atomic mass is 10.1. The predicted octanol–water partition coefficient (Wildman–Crippen LogP) is 6.22. The maximum Gasteiger partial charge on any atom is 0.244 e. The number of amides is 1. The topological polar surface area (TPSA) is 73.2 Å². The van der Waals surface area contributed by atoms with E-state index in [1.165, 1.54) is 17.4 Å². The van der Waals surface area contributed by atoms with Gasteiger partial charge < -0.3 is 10.1 Å². The number of aryl methyl sites for hydroxylation is 1. The van der Waals surface area contributed by atoms with Crippen LogP contribution < -0.4 is 10.1 Å². The molecule has 9 heteroatoms. The largest absolute Gasteiger partial charge is 0.486 e. The summed E-state index contributed by atoms with van der Waals surface area (Å²) in [5.74, 6) is 0.867. The molecular weight excluding hydrogens is 505 g/mol. The number of halogens is 2. The molecule has 0 fully saturated rings. The number of Topliss-reactive ketones (excluding diaryl/α,β-unsaturated/α-hetero) is 1. The van der Waals surface area contributed by atoms with Crippen molar-refractivity contribution in [2.24, 2.45) is 5.92 Å². The Morgan fingerprint density at radius 2 is 2.09 bits per heavy atom. The second kappa shape index (κ2) is 10.6. The van der Waals surface area contributed by atoms with Crippen LogP contribution in [0.1, 0.15) is 47.3 Å². The first-order valence-electron chi connectivity index (χ1n) is 11.4. The van der Waals surface area contributed by atoms with Crippen molar-refractivity contribution in [3.05, 3.63) is 62.2 Å². The van der Waals surface area contributed by atoms with Gasteiger partial charge in [-0.15, -0.1) is 11.3 Å². The van der Waals surface area contributed by atoms with Gasteiger partial charge in [0.1, 0.15) is 17.0 Å². The molecule has 1 atom stereocenters. The van der Waals surface area contributed by atoms with E-state index in [2.05, 4.69) is 24.3 Å². The van der Waals surface area contributed by atoms with Crippen molar-refractivity contribution in [1.82, 2.24) is 15.1 Å². The molecule has 1 aliphatic rings. The molecule has 0 saturated heterocycles. The van der Waals surface area contributed by atoms with Gasteiger partial charge in [-0.25, -0.2) is 0 Å². The Labute approximate surface area is 218 Å². The Bertz CT molecular complexity index is 1310. The van der Waals surface area contributed by atoms with Crippen molar-refractivity contribution in [3.63, 3.8) is 0 Å². The molecule has 1 unspecified atom stereocenters. The van der Waals surface area contributed by atoms with Crippen molar-refractivity contribution < 1.29 is 14.3 Å². The SMILES string of the molecule is CC(=O)c1ccc(-c2cc(Cl)c3c(c2)CC(CNC(=O)/C=C/c2c(C)nn(CC(C)C)c2Cl)O3)s1. The highest BCUT2D eigenvalue weighted by Crippen LogP contribution is 2.41. The monoisotopic (exact) mass is 531 g/mol. The van der Waals surface area contributed by atoms with Gasteiger partial charge in [0.15, 0.2) is 5.78 Å². The number of nitrogens with one attached hydrogen (secondary N) is 1. The molecule has 0 spiro atoms. The Hall–Kier alpha value is -2.61. The Morgan fingerprint density at radius 1 is 1.31 bits per heavy atom. The molecule has 4 rings (SSSR count). The van der Waals surface area contributed by atoms with Gasteiger partial charge in [0, 0.05) is 35.0 Å². The van der Waals surface area contributed by atoms with Gasteiger partial charge in [-0.05, 0) is 55.7 Å². The number of benzene rings is 1. The number of rotatable bonds is 8.